The van der Waals surface area contributed by atoms with Crippen molar-refractivity contribution in [2.24, 2.45) is 0 Å². The quantitative estimate of drug-likeness (QED) is 0.470. The monoisotopic (exact) mass is 318 g/mol. The van der Waals surface area contributed by atoms with Gasteiger partial charge in [-0.2, -0.15) is 0 Å². The molecule has 24 heavy (non-hydrogen) atoms. The van der Waals surface area contributed by atoms with Gasteiger partial charge in [0.2, 0.25) is 0 Å². The Morgan fingerprint density at radius 2 is 0.958 bits per heavy atom. The summed E-state index contributed by atoms with van der Waals surface area (Å²) in [6, 6.07) is 32.4. The van der Waals surface area contributed by atoms with Crippen LogP contribution in [0, 0.1) is 0 Å². The van der Waals surface area contributed by atoms with E-state index in [0.29, 0.717) is 5.92 Å². The van der Waals surface area contributed by atoms with E-state index >= 15 is 0 Å². The molecule has 0 N–H and O–H groups in total. The normalized spacial score (nSPS) is 9.62. The fraction of sp³-hybridized carbons (Fsp3) is 0.250. The van der Waals surface area contributed by atoms with Crippen LogP contribution >= 0.6 is 0 Å². The van der Waals surface area contributed by atoms with Crippen molar-refractivity contribution >= 4 is 0 Å². The molecule has 0 bridgehead atoms. The number of rotatable bonds is 5. The molecular weight excluding hydrogens is 288 g/mol. The van der Waals surface area contributed by atoms with E-state index in [1.165, 1.54) is 16.7 Å². The first kappa shape index (κ1) is 19.7. The molecule has 0 radical (unpaired) electrons. The third-order valence-corrected chi connectivity index (χ3v) is 3.97. The Kier molecular flexibility index (Phi) is 9.23. The van der Waals surface area contributed by atoms with Gasteiger partial charge in [-0.15, -0.1) is 0 Å². The summed E-state index contributed by atoms with van der Waals surface area (Å²) in [6.07, 6.45) is 2.24. The summed E-state index contributed by atoms with van der Waals surface area (Å²) in [5.41, 5.74) is 4.22. The highest BCUT2D eigenvalue weighted by molar-refractivity contribution is 5.32. The zero-order chi connectivity index (χ0) is 16.3. The van der Waals surface area contributed by atoms with Gasteiger partial charge in [0.05, 0.1) is 0 Å². The zero-order valence-corrected chi connectivity index (χ0v) is 14.2. The van der Waals surface area contributed by atoms with Gasteiger partial charge in [0.15, 0.2) is 0 Å². The predicted octanol–water partition coefficient (Wildman–Crippen LogP) is 7.11. The van der Waals surface area contributed by atoms with Crippen LogP contribution in [0.15, 0.2) is 91.0 Å². The van der Waals surface area contributed by atoms with Crippen LogP contribution in [0.2, 0.25) is 0 Å². The smallest absolute Gasteiger partial charge is 0.00925 e. The van der Waals surface area contributed by atoms with Crippen molar-refractivity contribution in [2.45, 2.75) is 40.0 Å². The minimum atomic E-state index is 0. The van der Waals surface area contributed by atoms with Gasteiger partial charge in [0, 0.05) is 5.92 Å². The Hall–Kier alpha value is -2.34. The Morgan fingerprint density at radius 1 is 0.583 bits per heavy atom. The molecule has 3 aromatic carbocycles. The van der Waals surface area contributed by atoms with E-state index in [1.54, 1.807) is 0 Å². The molecule has 0 heterocycles. The lowest BCUT2D eigenvalue weighted by Crippen LogP contribution is -2.03. The van der Waals surface area contributed by atoms with Gasteiger partial charge < -0.3 is 0 Å². The summed E-state index contributed by atoms with van der Waals surface area (Å²) in [7, 11) is 0. The molecule has 0 saturated heterocycles. The lowest BCUT2D eigenvalue weighted by Gasteiger charge is -2.18. The van der Waals surface area contributed by atoms with Crippen LogP contribution in [0.4, 0.5) is 0 Å². The van der Waals surface area contributed by atoms with Gasteiger partial charge >= 0.3 is 0 Å². The Bertz CT molecular complexity index is 602. The molecule has 0 atom stereocenters. The molecule has 0 heteroatoms. The van der Waals surface area contributed by atoms with E-state index in [1.807, 2.05) is 13.8 Å². The summed E-state index contributed by atoms with van der Waals surface area (Å²) in [4.78, 5) is 0. The zero-order valence-electron chi connectivity index (χ0n) is 14.2. The van der Waals surface area contributed by atoms with Crippen LogP contribution in [0.25, 0.3) is 0 Å². The molecule has 0 aliphatic rings. The molecule has 0 aliphatic heterocycles. The minimum absolute atomic E-state index is 0. The molecular formula is C24H30. The van der Waals surface area contributed by atoms with Crippen LogP contribution in [0.5, 0.6) is 0 Å². The van der Waals surface area contributed by atoms with Gasteiger partial charge in [0.1, 0.15) is 0 Å². The first-order valence-corrected chi connectivity index (χ1v) is 8.57. The highest BCUT2D eigenvalue weighted by atomic mass is 14.2. The van der Waals surface area contributed by atoms with Crippen LogP contribution in [-0.4, -0.2) is 0 Å². The average molecular weight is 319 g/mol. The molecule has 0 amide bonds. The van der Waals surface area contributed by atoms with Gasteiger partial charge in [-0.05, 0) is 29.5 Å². The van der Waals surface area contributed by atoms with Crippen LogP contribution in [0.3, 0.4) is 0 Å². The molecule has 0 spiro atoms. The predicted molar refractivity (Wildman–Crippen MR) is 108 cm³/mol. The Balaban J connectivity index is 0.000000925. The molecule has 126 valence electrons. The van der Waals surface area contributed by atoms with Crippen molar-refractivity contribution in [2.75, 3.05) is 0 Å². The maximum atomic E-state index is 2.24. The fourth-order valence-electron chi connectivity index (χ4n) is 2.85. The van der Waals surface area contributed by atoms with Crippen molar-refractivity contribution in [3.63, 3.8) is 0 Å². The second-order valence-corrected chi connectivity index (χ2v) is 5.40. The minimum Gasteiger partial charge on any atom is -0.0776 e. The molecule has 0 unspecified atom stereocenters. The first-order chi connectivity index (χ1) is 11.4. The van der Waals surface area contributed by atoms with E-state index < -0.39 is 0 Å². The first-order valence-electron chi connectivity index (χ1n) is 8.57. The van der Waals surface area contributed by atoms with Gasteiger partial charge in [-0.25, -0.2) is 0 Å². The van der Waals surface area contributed by atoms with E-state index in [0.717, 1.165) is 12.8 Å². The maximum absolute atomic E-state index is 2.24. The van der Waals surface area contributed by atoms with E-state index in [4.69, 9.17) is 0 Å². The van der Waals surface area contributed by atoms with Crippen molar-refractivity contribution in [3.05, 3.63) is 108 Å². The topological polar surface area (TPSA) is 0 Å². The molecule has 0 nitrogen and oxygen atoms in total. The second kappa shape index (κ2) is 11.2. The third kappa shape index (κ3) is 5.70. The highest BCUT2D eigenvalue weighted by Crippen LogP contribution is 2.29. The number of benzene rings is 3. The summed E-state index contributed by atoms with van der Waals surface area (Å²) in [6.45, 7) is 4.00. The number of hydrogen-bond acceptors (Lipinski definition) is 0. The van der Waals surface area contributed by atoms with Gasteiger partial charge in [-0.3, -0.25) is 0 Å². The number of aryl methyl sites for hydroxylation is 1. The van der Waals surface area contributed by atoms with Crippen LogP contribution in [0.1, 0.15) is 50.3 Å². The molecule has 0 saturated carbocycles. The molecule has 0 fully saturated rings. The maximum Gasteiger partial charge on any atom is 0.00925 e. The number of hydrogen-bond donors (Lipinski definition) is 0. The molecule has 3 aromatic rings. The molecule has 0 aromatic heterocycles. The van der Waals surface area contributed by atoms with E-state index in [-0.39, 0.29) is 7.43 Å². The standard InChI is InChI=1S/C21H20.C2H6.CH4/c1-4-10-18(11-5-1)16-17-21(19-12-6-2-7-13-19)20-14-8-3-9-15-20;1-2;/h1-15,21H,16-17H2;1-2H3;1H4. The SMILES string of the molecule is C.CC.c1ccc(CCC(c2ccccc2)c2ccccc2)cc1. The summed E-state index contributed by atoms with van der Waals surface area (Å²) < 4.78 is 0. The van der Waals surface area contributed by atoms with E-state index in [9.17, 15) is 0 Å². The summed E-state index contributed by atoms with van der Waals surface area (Å²) >= 11 is 0. The van der Waals surface area contributed by atoms with Crippen LogP contribution < -0.4 is 0 Å². The lowest BCUT2D eigenvalue weighted by atomic mass is 9.86. The average Bonchev–Trinajstić information content (AvgIpc) is 2.66. The van der Waals surface area contributed by atoms with Crippen molar-refractivity contribution in [3.8, 4) is 0 Å². The van der Waals surface area contributed by atoms with Crippen LogP contribution in [-0.2, 0) is 6.42 Å². The molecule has 0 aliphatic carbocycles. The highest BCUT2D eigenvalue weighted by Gasteiger charge is 2.13. The van der Waals surface area contributed by atoms with Gasteiger partial charge in [0.25, 0.3) is 0 Å². The third-order valence-electron chi connectivity index (χ3n) is 3.97. The summed E-state index contributed by atoms with van der Waals surface area (Å²) in [5.74, 6) is 0.465. The largest absolute Gasteiger partial charge is 0.0776 e. The van der Waals surface area contributed by atoms with Crippen molar-refractivity contribution in [1.29, 1.82) is 0 Å². The Labute approximate surface area is 148 Å². The molecule has 3 rings (SSSR count). The lowest BCUT2D eigenvalue weighted by molar-refractivity contribution is 0.715. The summed E-state index contributed by atoms with van der Waals surface area (Å²) in [5, 5.41) is 0. The second-order valence-electron chi connectivity index (χ2n) is 5.40. The fourth-order valence-corrected chi connectivity index (χ4v) is 2.85. The Morgan fingerprint density at radius 3 is 1.38 bits per heavy atom. The van der Waals surface area contributed by atoms with Crippen molar-refractivity contribution < 1.29 is 0 Å². The van der Waals surface area contributed by atoms with Gasteiger partial charge in [-0.1, -0.05) is 112 Å². The van der Waals surface area contributed by atoms with Crippen molar-refractivity contribution in [1.82, 2.24) is 0 Å². The van der Waals surface area contributed by atoms with E-state index in [2.05, 4.69) is 91.0 Å².